The number of rotatable bonds is 4. The lowest BCUT2D eigenvalue weighted by atomic mass is 9.33. The molecule has 200 valence electrons. The van der Waals surface area contributed by atoms with Crippen LogP contribution in [-0.2, 0) is 16.6 Å². The lowest BCUT2D eigenvalue weighted by Gasteiger charge is -2.75. The maximum atomic E-state index is 12.2. The Bertz CT molecular complexity index is 1110. The lowest BCUT2D eigenvalue weighted by Crippen LogP contribution is -2.83. The fourth-order valence-electron chi connectivity index (χ4n) is 9.62. The van der Waals surface area contributed by atoms with E-state index in [1.807, 2.05) is 14.0 Å². The third-order valence-corrected chi connectivity index (χ3v) is 12.3. The number of likely N-dealkylation sites (tertiary alicyclic amines) is 1. The van der Waals surface area contributed by atoms with Gasteiger partial charge in [-0.2, -0.15) is 0 Å². The molecule has 2 N–H and O–H groups in total. The summed E-state index contributed by atoms with van der Waals surface area (Å²) in [6.45, 7) is 10.7. The number of nitrogens with zero attached hydrogens (tertiary/aromatic N) is 1. The number of hydrogen-bond donors (Lipinski definition) is 2. The number of phenols is 1. The number of hydrogen-bond acceptors (Lipinski definition) is 5. The molecule has 1 aromatic rings. The number of benzene rings is 1. The molecule has 36 heavy (non-hydrogen) atoms. The van der Waals surface area contributed by atoms with Crippen LogP contribution in [0.1, 0.15) is 77.3 Å². The number of halogens is 2. The minimum absolute atomic E-state index is 0. The number of fused-ring (bicyclic) bond motifs is 2. The molecule has 2 aliphatic heterocycles. The fraction of sp³-hybridized carbons (Fsp3) is 0.793. The third-order valence-electron chi connectivity index (χ3n) is 11.9. The van der Waals surface area contributed by atoms with Gasteiger partial charge in [-0.1, -0.05) is 32.4 Å². The van der Waals surface area contributed by atoms with Crippen LogP contribution < -0.4 is 4.74 Å². The number of piperidine rings is 1. The van der Waals surface area contributed by atoms with Crippen LogP contribution >= 0.6 is 24.0 Å². The zero-order valence-corrected chi connectivity index (χ0v) is 23.8. The van der Waals surface area contributed by atoms with E-state index in [9.17, 15) is 10.2 Å². The first kappa shape index (κ1) is 25.6. The van der Waals surface area contributed by atoms with E-state index in [1.54, 1.807) is 6.07 Å². The molecule has 8 rings (SSSR count). The minimum atomic E-state index is -0.939. The van der Waals surface area contributed by atoms with E-state index < -0.39 is 11.2 Å². The molecular formula is C29H41Cl2NO4. The van der Waals surface area contributed by atoms with Gasteiger partial charge < -0.3 is 19.7 Å². The van der Waals surface area contributed by atoms with Crippen LogP contribution in [0.25, 0.3) is 0 Å². The average molecular weight is 539 g/mol. The molecule has 2 heterocycles. The van der Waals surface area contributed by atoms with Crippen LogP contribution in [0, 0.1) is 22.7 Å². The zero-order valence-electron chi connectivity index (χ0n) is 22.2. The van der Waals surface area contributed by atoms with Crippen LogP contribution in [0.3, 0.4) is 0 Å². The first-order valence-corrected chi connectivity index (χ1v) is 14.0. The quantitative estimate of drug-likeness (QED) is 0.531. The topological polar surface area (TPSA) is 62.2 Å². The molecule has 5 fully saturated rings. The molecule has 1 saturated heterocycles. The largest absolute Gasteiger partial charge is 0.504 e. The second-order valence-electron chi connectivity index (χ2n) is 13.9. The summed E-state index contributed by atoms with van der Waals surface area (Å²) in [5, 5.41) is 23.9. The summed E-state index contributed by atoms with van der Waals surface area (Å²) in [5.41, 5.74) is 0.215. The van der Waals surface area contributed by atoms with Crippen molar-refractivity contribution < 1.29 is 19.7 Å². The summed E-state index contributed by atoms with van der Waals surface area (Å²) in [5.74, 6) is 1.54. The molecule has 5 nitrogen and oxygen atoms in total. The molecule has 0 aromatic heterocycles. The first-order valence-electron chi connectivity index (χ1n) is 13.7. The number of ether oxygens (including phenoxy) is 2. The Morgan fingerprint density at radius 1 is 1.19 bits per heavy atom. The van der Waals surface area contributed by atoms with Gasteiger partial charge in [-0.25, -0.2) is 0 Å². The van der Waals surface area contributed by atoms with E-state index in [4.69, 9.17) is 21.1 Å². The highest BCUT2D eigenvalue weighted by atomic mass is 35.5. The lowest BCUT2D eigenvalue weighted by molar-refractivity contribution is -0.312. The van der Waals surface area contributed by atoms with Crippen molar-refractivity contribution in [2.75, 3.05) is 20.2 Å². The van der Waals surface area contributed by atoms with E-state index >= 15 is 0 Å². The zero-order chi connectivity index (χ0) is 24.8. The van der Waals surface area contributed by atoms with Crippen molar-refractivity contribution >= 4 is 24.0 Å². The number of methoxy groups -OCH3 is 1. The number of phenolic OH excluding ortho intramolecular Hbond substituents is 1. The highest BCUT2D eigenvalue weighted by molar-refractivity contribution is 6.31. The van der Waals surface area contributed by atoms with E-state index in [0.29, 0.717) is 16.8 Å². The van der Waals surface area contributed by atoms with Gasteiger partial charge in [-0.3, -0.25) is 4.90 Å². The molecule has 0 amide bonds. The minimum Gasteiger partial charge on any atom is -0.504 e. The van der Waals surface area contributed by atoms with Gasteiger partial charge in [0.05, 0.1) is 5.60 Å². The number of aromatic hydroxyl groups is 1. The fourth-order valence-corrected chi connectivity index (χ4v) is 9.90. The molecule has 4 bridgehead atoms. The average Bonchev–Trinajstić information content (AvgIpc) is 3.54. The summed E-state index contributed by atoms with van der Waals surface area (Å²) >= 11 is 6.87. The molecule has 4 saturated carbocycles. The highest BCUT2D eigenvalue weighted by Gasteiger charge is 2.82. The molecule has 2 spiro atoms. The van der Waals surface area contributed by atoms with Gasteiger partial charge in [0.1, 0.15) is 11.7 Å². The maximum Gasteiger partial charge on any atom is 0.165 e. The van der Waals surface area contributed by atoms with Crippen LogP contribution in [0.4, 0.5) is 0 Å². The SMILES string of the molecule is CO[C@]12CC[C@@]3(C[C@@H]1[C@](C)(O)C(C)(C)C)[C@H]1Cc4c(Cl)cc(O)c5c4[C@@]3(CCN1CC1CC1)[C@H]2O5.Cl. The molecule has 7 heteroatoms. The van der Waals surface area contributed by atoms with Crippen LogP contribution in [0.15, 0.2) is 6.07 Å². The molecule has 7 aliphatic rings. The normalized spacial score (nSPS) is 41.8. The molecule has 5 aliphatic carbocycles. The van der Waals surface area contributed by atoms with Gasteiger partial charge in [-0.05, 0) is 75.3 Å². The smallest absolute Gasteiger partial charge is 0.165 e. The van der Waals surface area contributed by atoms with Crippen LogP contribution in [-0.4, -0.2) is 58.7 Å². The Labute approximate surface area is 226 Å². The van der Waals surface area contributed by atoms with Gasteiger partial charge >= 0.3 is 0 Å². The molecular weight excluding hydrogens is 497 g/mol. The molecule has 1 aromatic carbocycles. The monoisotopic (exact) mass is 537 g/mol. The summed E-state index contributed by atoms with van der Waals surface area (Å²) in [4.78, 5) is 2.78. The van der Waals surface area contributed by atoms with Gasteiger partial charge in [0, 0.05) is 53.1 Å². The Hall–Kier alpha value is -0.720. The Kier molecular flexibility index (Phi) is 5.30. The standard InChI is InChI=1S/C29H40ClNO4.ClH/c1-25(2,3)26(4,33)20-14-27-8-9-29(20,34-5)24-28(27)10-11-31(15-16-6-7-16)21(27)12-17-18(30)13-19(32)23(35-24)22(17)28;/h13,16,20-21,24,32-33H,6-12,14-15H2,1-5H3;1H/t20-,21-,24-,26+,27-,28+,29-;/m1./s1. The summed E-state index contributed by atoms with van der Waals surface area (Å²) in [7, 11) is 1.81. The maximum absolute atomic E-state index is 12.2. The van der Waals surface area contributed by atoms with Gasteiger partial charge in [0.2, 0.25) is 0 Å². The van der Waals surface area contributed by atoms with Crippen molar-refractivity contribution in [3.05, 3.63) is 22.2 Å². The number of aliphatic hydroxyl groups is 1. The van der Waals surface area contributed by atoms with Gasteiger partial charge in [-0.15, -0.1) is 12.4 Å². The van der Waals surface area contributed by atoms with E-state index in [0.717, 1.165) is 44.6 Å². The van der Waals surface area contributed by atoms with Crippen molar-refractivity contribution in [3.8, 4) is 11.5 Å². The van der Waals surface area contributed by atoms with Crippen LogP contribution in [0.5, 0.6) is 11.5 Å². The first-order chi connectivity index (χ1) is 16.4. The van der Waals surface area contributed by atoms with E-state index in [2.05, 4.69) is 25.7 Å². The predicted molar refractivity (Wildman–Crippen MR) is 142 cm³/mol. The van der Waals surface area contributed by atoms with Crippen molar-refractivity contribution in [2.45, 2.75) is 101 Å². The van der Waals surface area contributed by atoms with Crippen molar-refractivity contribution in [1.29, 1.82) is 0 Å². The van der Waals surface area contributed by atoms with Gasteiger partial charge in [0.15, 0.2) is 11.5 Å². The highest BCUT2D eigenvalue weighted by Crippen LogP contribution is 2.78. The summed E-state index contributed by atoms with van der Waals surface area (Å²) < 4.78 is 13.4. The Morgan fingerprint density at radius 3 is 2.56 bits per heavy atom. The Morgan fingerprint density at radius 2 is 1.92 bits per heavy atom. The third kappa shape index (κ3) is 2.70. The van der Waals surface area contributed by atoms with Crippen molar-refractivity contribution in [2.24, 2.45) is 22.7 Å². The predicted octanol–water partition coefficient (Wildman–Crippen LogP) is 5.49. The second-order valence-corrected chi connectivity index (χ2v) is 14.3. The second kappa shape index (κ2) is 7.47. The van der Waals surface area contributed by atoms with Gasteiger partial charge in [0.25, 0.3) is 0 Å². The summed E-state index contributed by atoms with van der Waals surface area (Å²) in [6, 6.07) is 2.06. The Balaban J connectivity index is 0.00000240. The molecule has 0 unspecified atom stereocenters. The van der Waals surface area contributed by atoms with Crippen molar-refractivity contribution in [1.82, 2.24) is 4.90 Å². The molecule has 7 atom stereocenters. The van der Waals surface area contributed by atoms with E-state index in [-0.39, 0.29) is 46.4 Å². The molecule has 0 radical (unpaired) electrons. The van der Waals surface area contributed by atoms with Crippen LogP contribution in [0.2, 0.25) is 5.02 Å². The van der Waals surface area contributed by atoms with E-state index in [1.165, 1.54) is 30.5 Å². The van der Waals surface area contributed by atoms with Crippen molar-refractivity contribution in [3.63, 3.8) is 0 Å². The summed E-state index contributed by atoms with van der Waals surface area (Å²) in [6.07, 6.45) is 7.21.